The maximum absolute atomic E-state index is 9.96. The van der Waals surface area contributed by atoms with Crippen LogP contribution in [0.1, 0.15) is 30.2 Å². The predicted molar refractivity (Wildman–Crippen MR) is 208 cm³/mol. The first-order valence-corrected chi connectivity index (χ1v) is 15.1. The number of hydrogen-bond donors (Lipinski definition) is 0. The molecule has 0 radical (unpaired) electrons. The van der Waals surface area contributed by atoms with Crippen molar-refractivity contribution in [3.63, 3.8) is 0 Å². The molecule has 1 heteroatoms. The molecule has 49 heavy (non-hydrogen) atoms. The molecule has 1 nitrogen and oxygen atoms in total. The Labute approximate surface area is 315 Å². The second-order valence-corrected chi connectivity index (χ2v) is 11.1. The third-order valence-electron chi connectivity index (χ3n) is 8.44. The van der Waals surface area contributed by atoms with Crippen LogP contribution in [0.3, 0.4) is 0 Å². The van der Waals surface area contributed by atoms with E-state index in [1.165, 1.54) is 0 Å². The molecule has 0 N–H and O–H groups in total. The summed E-state index contributed by atoms with van der Waals surface area (Å²) in [7, 11) is 0. The van der Waals surface area contributed by atoms with Gasteiger partial charge in [0, 0.05) is 10.8 Å². The zero-order chi connectivity index (χ0) is 51.5. The fraction of sp³-hybridized carbons (Fsp3) is 0. The van der Waals surface area contributed by atoms with Crippen LogP contribution in [0.4, 0.5) is 0 Å². The number of furan rings is 1. The molecule has 228 valence electrons. The van der Waals surface area contributed by atoms with E-state index in [0.29, 0.717) is 0 Å². The van der Waals surface area contributed by atoms with Crippen LogP contribution in [0.25, 0.3) is 98.8 Å². The maximum Gasteiger partial charge on any atom is 0.136 e. The standard InChI is InChI=1S/C48H30O/c1-3-14-31(15-4-1)33-26-27-44-43(29-33)48-41(24-13-25-45(48)49-44)46-37-20-9-11-22-39(37)47(40-23-12-10-21-38(40)46)42-30-35(32-16-5-2-6-17-32)28-34-18-7-8-19-36(34)42/h1-30H/i1D,2D,3D,4D,5D,6D,7D,8D,13D,14D,15D,16D,17D,18D,19D,24D,25D,26D,27D,28D,29D,30D. The summed E-state index contributed by atoms with van der Waals surface area (Å²) in [6.07, 6.45) is 0. The van der Waals surface area contributed by atoms with Crippen LogP contribution in [0.15, 0.2) is 186 Å². The van der Waals surface area contributed by atoms with Crippen LogP contribution in [0.2, 0.25) is 0 Å². The number of benzene rings is 9. The summed E-state index contributed by atoms with van der Waals surface area (Å²) in [5.41, 5.74) is -3.02. The van der Waals surface area contributed by atoms with Gasteiger partial charge in [-0.15, -0.1) is 0 Å². The molecule has 10 aromatic rings. The molecule has 1 heterocycles. The molecule has 0 aliphatic heterocycles. The van der Waals surface area contributed by atoms with Crippen LogP contribution in [-0.4, -0.2) is 0 Å². The fourth-order valence-electron chi connectivity index (χ4n) is 6.43. The number of fused-ring (bicyclic) bond motifs is 6. The Morgan fingerprint density at radius 3 is 1.63 bits per heavy atom. The Kier molecular flexibility index (Phi) is 3.07. The first-order chi connectivity index (χ1) is 33.5. The number of hydrogen-bond acceptors (Lipinski definition) is 1. The van der Waals surface area contributed by atoms with Crippen molar-refractivity contribution in [2.45, 2.75) is 0 Å². The van der Waals surface area contributed by atoms with Crippen LogP contribution in [0.5, 0.6) is 0 Å². The van der Waals surface area contributed by atoms with Crippen LogP contribution in [-0.2, 0) is 0 Å². The fourth-order valence-corrected chi connectivity index (χ4v) is 6.43. The van der Waals surface area contributed by atoms with Crippen molar-refractivity contribution in [1.29, 1.82) is 0 Å². The molecule has 1 aromatic heterocycles. The molecule has 10 rings (SSSR count). The summed E-state index contributed by atoms with van der Waals surface area (Å²) in [4.78, 5) is 0. The van der Waals surface area contributed by atoms with Gasteiger partial charge in [0.15, 0.2) is 0 Å². The monoisotopic (exact) mass is 644 g/mol. The Morgan fingerprint density at radius 1 is 0.367 bits per heavy atom. The Morgan fingerprint density at radius 2 is 0.959 bits per heavy atom. The van der Waals surface area contributed by atoms with Gasteiger partial charge >= 0.3 is 0 Å². The summed E-state index contributed by atoms with van der Waals surface area (Å²) < 4.78 is 202. The molecule has 9 aromatic carbocycles. The maximum atomic E-state index is 9.96. The van der Waals surface area contributed by atoms with Gasteiger partial charge in [0.05, 0.1) is 30.2 Å². The van der Waals surface area contributed by atoms with Crippen molar-refractivity contribution in [1.82, 2.24) is 0 Å². The first-order valence-electron chi connectivity index (χ1n) is 26.1. The topological polar surface area (TPSA) is 13.1 Å². The lowest BCUT2D eigenvalue weighted by Crippen LogP contribution is -1.93. The van der Waals surface area contributed by atoms with Gasteiger partial charge in [0.1, 0.15) is 11.2 Å². The van der Waals surface area contributed by atoms with Gasteiger partial charge in [-0.25, -0.2) is 0 Å². The van der Waals surface area contributed by atoms with E-state index in [0.717, 1.165) is 0 Å². The van der Waals surface area contributed by atoms with Crippen molar-refractivity contribution in [2.75, 3.05) is 0 Å². The molecule has 0 aliphatic rings. The van der Waals surface area contributed by atoms with Crippen LogP contribution >= 0.6 is 0 Å². The van der Waals surface area contributed by atoms with Crippen molar-refractivity contribution in [3.05, 3.63) is 181 Å². The largest absolute Gasteiger partial charge is 0.456 e. The lowest BCUT2D eigenvalue weighted by atomic mass is 9.83. The van der Waals surface area contributed by atoms with Crippen molar-refractivity contribution in [3.8, 4) is 44.5 Å². The van der Waals surface area contributed by atoms with Crippen molar-refractivity contribution >= 4 is 54.3 Å². The molecular formula is C48H30O. The van der Waals surface area contributed by atoms with Gasteiger partial charge in [-0.3, -0.25) is 0 Å². The zero-order valence-corrected chi connectivity index (χ0v) is 25.0. The molecule has 0 bridgehead atoms. The average Bonchev–Trinajstić information content (AvgIpc) is 3.76. The summed E-state index contributed by atoms with van der Waals surface area (Å²) in [5, 5.41) is -0.193. The van der Waals surface area contributed by atoms with E-state index in [9.17, 15) is 6.85 Å². The minimum absolute atomic E-state index is 0.119. The van der Waals surface area contributed by atoms with E-state index in [1.54, 1.807) is 48.5 Å². The van der Waals surface area contributed by atoms with E-state index in [-0.39, 0.29) is 65.5 Å². The Balaban J connectivity index is 1.44. The number of rotatable bonds is 4. The molecule has 0 atom stereocenters. The Bertz CT molecular complexity index is 4030. The predicted octanol–water partition coefficient (Wildman–Crippen LogP) is 13.7. The molecule has 0 spiro atoms. The zero-order valence-electron chi connectivity index (χ0n) is 47.0. The molecule has 0 amide bonds. The summed E-state index contributed by atoms with van der Waals surface area (Å²) in [5.74, 6) is 0. The highest BCUT2D eigenvalue weighted by Crippen LogP contribution is 2.48. The van der Waals surface area contributed by atoms with Crippen LogP contribution in [0, 0.1) is 0 Å². The van der Waals surface area contributed by atoms with Crippen molar-refractivity contribution < 1.29 is 34.6 Å². The highest BCUT2D eigenvalue weighted by molar-refractivity contribution is 6.27. The van der Waals surface area contributed by atoms with E-state index < -0.39 is 166 Å². The van der Waals surface area contributed by atoms with Gasteiger partial charge in [-0.1, -0.05) is 151 Å². The molecule has 0 saturated heterocycles. The van der Waals surface area contributed by atoms with Crippen LogP contribution < -0.4 is 0 Å². The first kappa shape index (κ1) is 13.6. The van der Waals surface area contributed by atoms with Gasteiger partial charge in [-0.05, 0) is 107 Å². The lowest BCUT2D eigenvalue weighted by molar-refractivity contribution is 0.669. The quantitative estimate of drug-likeness (QED) is 0.174. The second-order valence-electron chi connectivity index (χ2n) is 11.1. The lowest BCUT2D eigenvalue weighted by Gasteiger charge is -2.20. The van der Waals surface area contributed by atoms with E-state index in [4.69, 9.17) is 27.7 Å². The highest BCUT2D eigenvalue weighted by Gasteiger charge is 2.21. The third kappa shape index (κ3) is 4.40. The smallest absolute Gasteiger partial charge is 0.136 e. The summed E-state index contributed by atoms with van der Waals surface area (Å²) in [6.45, 7) is 0. The highest BCUT2D eigenvalue weighted by atomic mass is 16.3. The van der Waals surface area contributed by atoms with E-state index in [1.807, 2.05) is 0 Å². The second kappa shape index (κ2) is 11.1. The third-order valence-corrected chi connectivity index (χ3v) is 8.44. The van der Waals surface area contributed by atoms with Gasteiger partial charge in [0.2, 0.25) is 0 Å². The minimum atomic E-state index is -0.777. The molecular weight excluding hydrogens is 593 g/mol. The normalized spacial score (nSPS) is 18.0. The van der Waals surface area contributed by atoms with E-state index in [2.05, 4.69) is 0 Å². The van der Waals surface area contributed by atoms with E-state index >= 15 is 0 Å². The Hall–Kier alpha value is -6.44. The minimum Gasteiger partial charge on any atom is -0.456 e. The molecule has 0 aliphatic carbocycles. The summed E-state index contributed by atoms with van der Waals surface area (Å²) in [6, 6.07) is -2.74. The van der Waals surface area contributed by atoms with Crippen molar-refractivity contribution in [2.24, 2.45) is 0 Å². The van der Waals surface area contributed by atoms with Gasteiger partial charge in [-0.2, -0.15) is 0 Å². The SMILES string of the molecule is [2H]c1c([2H])c([2H])c(-c2c([2H])c(-c3c4ccccc4c(-c4c([2H])c([2H])c([2H])c5oc6c([2H])c([2H])c(-c7c([2H])c([2H])c([2H])c([2H])c7[2H])c([2H])c6c45)c4ccccc34)c3c([2H])c([2H])c([2H])c([2H])c3c2[2H])c([2H])c1[2H]. The molecule has 0 fully saturated rings. The molecule has 0 saturated carbocycles. The van der Waals surface area contributed by atoms with Gasteiger partial charge in [0.25, 0.3) is 0 Å². The molecule has 0 unspecified atom stereocenters. The van der Waals surface area contributed by atoms with Gasteiger partial charge < -0.3 is 4.42 Å². The summed E-state index contributed by atoms with van der Waals surface area (Å²) >= 11 is 0. The average molecular weight is 645 g/mol.